The van der Waals surface area contributed by atoms with Crippen molar-refractivity contribution in [1.29, 1.82) is 0 Å². The summed E-state index contributed by atoms with van der Waals surface area (Å²) in [5.41, 5.74) is 2.04. The molecule has 0 saturated heterocycles. The van der Waals surface area contributed by atoms with Gasteiger partial charge < -0.3 is 14.2 Å². The van der Waals surface area contributed by atoms with Crippen LogP contribution in [0.2, 0.25) is 0 Å². The normalized spacial score (nSPS) is 11.1. The predicted octanol–water partition coefficient (Wildman–Crippen LogP) is 1.99. The quantitative estimate of drug-likeness (QED) is 0.445. The Labute approximate surface area is 101 Å². The van der Waals surface area contributed by atoms with E-state index >= 15 is 0 Å². The second kappa shape index (κ2) is 6.70. The van der Waals surface area contributed by atoms with Crippen molar-refractivity contribution in [3.05, 3.63) is 41.7 Å². The number of carbonyl (C=O) groups excluding carboxylic acids is 1. The molecule has 17 heavy (non-hydrogen) atoms. The third-order valence-electron chi connectivity index (χ3n) is 2.25. The number of hydrogen-bond donors (Lipinski definition) is 0. The van der Waals surface area contributed by atoms with Gasteiger partial charge in [-0.25, -0.2) is 4.79 Å². The molecule has 0 radical (unpaired) electrons. The van der Waals surface area contributed by atoms with Gasteiger partial charge in [0.05, 0.1) is 27.1 Å². The highest BCUT2D eigenvalue weighted by atomic mass is 16.5. The van der Waals surface area contributed by atoms with Crippen LogP contribution in [0.3, 0.4) is 0 Å². The van der Waals surface area contributed by atoms with Crippen molar-refractivity contribution in [2.24, 2.45) is 0 Å². The molecule has 0 aromatic heterocycles. The Bertz CT molecular complexity index is 410. The minimum absolute atomic E-state index is 0.377. The van der Waals surface area contributed by atoms with E-state index in [0.29, 0.717) is 12.2 Å². The van der Waals surface area contributed by atoms with Crippen LogP contribution in [-0.4, -0.2) is 27.3 Å². The van der Waals surface area contributed by atoms with Gasteiger partial charge in [-0.15, -0.1) is 0 Å². The first-order chi connectivity index (χ1) is 8.24. The minimum Gasteiger partial charge on any atom is -0.503 e. The number of hydrogen-bond acceptors (Lipinski definition) is 4. The number of methoxy groups -OCH3 is 3. The zero-order valence-corrected chi connectivity index (χ0v) is 10.2. The fourth-order valence-corrected chi connectivity index (χ4v) is 1.51. The topological polar surface area (TPSA) is 44.8 Å². The molecular formula is C13H16O4. The van der Waals surface area contributed by atoms with Gasteiger partial charge in [-0.05, 0) is 11.1 Å². The molecule has 4 nitrogen and oxygen atoms in total. The molecule has 0 N–H and O–H groups in total. The second-order valence-electron chi connectivity index (χ2n) is 3.35. The van der Waals surface area contributed by atoms with E-state index in [0.717, 1.165) is 11.1 Å². The van der Waals surface area contributed by atoms with Crippen molar-refractivity contribution >= 4 is 11.5 Å². The third kappa shape index (κ3) is 3.32. The second-order valence-corrected chi connectivity index (χ2v) is 3.35. The lowest BCUT2D eigenvalue weighted by molar-refractivity contribution is -0.133. The highest BCUT2D eigenvalue weighted by Crippen LogP contribution is 2.21. The molecule has 0 saturated carbocycles. The van der Waals surface area contributed by atoms with Gasteiger partial charge in [0.1, 0.15) is 5.57 Å². The van der Waals surface area contributed by atoms with Gasteiger partial charge in [-0.3, -0.25) is 0 Å². The summed E-state index contributed by atoms with van der Waals surface area (Å²) in [4.78, 5) is 11.6. The largest absolute Gasteiger partial charge is 0.503 e. The van der Waals surface area contributed by atoms with Gasteiger partial charge in [0.15, 0.2) is 0 Å². The summed E-state index contributed by atoms with van der Waals surface area (Å²) in [6, 6.07) is 7.46. The first-order valence-corrected chi connectivity index (χ1v) is 5.13. The number of ether oxygens (including phenoxy) is 3. The van der Waals surface area contributed by atoms with Gasteiger partial charge in [-0.2, -0.15) is 0 Å². The fourth-order valence-electron chi connectivity index (χ4n) is 1.51. The average molecular weight is 236 g/mol. The van der Waals surface area contributed by atoms with Gasteiger partial charge in [0.2, 0.25) is 0 Å². The molecule has 92 valence electrons. The number of benzene rings is 1. The van der Waals surface area contributed by atoms with Crippen LogP contribution in [0.4, 0.5) is 0 Å². The summed E-state index contributed by atoms with van der Waals surface area (Å²) in [5.74, 6) is -0.435. The summed E-state index contributed by atoms with van der Waals surface area (Å²) in [6.07, 6.45) is 1.38. The van der Waals surface area contributed by atoms with Crippen LogP contribution >= 0.6 is 0 Å². The number of carbonyl (C=O) groups is 1. The highest BCUT2D eigenvalue weighted by molar-refractivity contribution is 6.16. The van der Waals surface area contributed by atoms with Gasteiger partial charge in [0, 0.05) is 7.11 Å². The van der Waals surface area contributed by atoms with Crippen LogP contribution in [0.15, 0.2) is 30.5 Å². The van der Waals surface area contributed by atoms with E-state index in [1.165, 1.54) is 20.5 Å². The van der Waals surface area contributed by atoms with Crippen molar-refractivity contribution in [2.45, 2.75) is 6.61 Å². The lowest BCUT2D eigenvalue weighted by atomic mass is 10.0. The smallest absolute Gasteiger partial charge is 0.341 e. The van der Waals surface area contributed by atoms with E-state index in [2.05, 4.69) is 0 Å². The third-order valence-corrected chi connectivity index (χ3v) is 2.25. The van der Waals surface area contributed by atoms with E-state index < -0.39 is 5.97 Å². The Hall–Kier alpha value is -1.81. The molecule has 1 aromatic rings. The van der Waals surface area contributed by atoms with Crippen molar-refractivity contribution in [2.75, 3.05) is 21.3 Å². The molecule has 0 aliphatic heterocycles. The standard InChI is InChI=1S/C13H16O4/c1-15-8-10-6-4-5-7-11(10)12(9-16-2)13(14)17-3/h4-7,9H,8H2,1-3H3/b12-9-. The molecule has 0 spiro atoms. The Morgan fingerprint density at radius 2 is 1.94 bits per heavy atom. The van der Waals surface area contributed by atoms with Crippen LogP contribution in [0.5, 0.6) is 0 Å². The summed E-state index contributed by atoms with van der Waals surface area (Å²) < 4.78 is 14.7. The Kier molecular flexibility index (Phi) is 5.23. The molecule has 0 aliphatic carbocycles. The van der Waals surface area contributed by atoms with E-state index in [9.17, 15) is 4.79 Å². The summed E-state index contributed by atoms with van der Waals surface area (Å²) in [6.45, 7) is 0.425. The van der Waals surface area contributed by atoms with E-state index in [1.54, 1.807) is 7.11 Å². The summed E-state index contributed by atoms with van der Waals surface area (Å²) in [7, 11) is 4.43. The first kappa shape index (κ1) is 13.3. The lowest BCUT2D eigenvalue weighted by Gasteiger charge is -2.10. The molecule has 0 aliphatic rings. The SMILES string of the molecule is CO/C=C(\C(=O)OC)c1ccccc1COC. The zero-order valence-electron chi connectivity index (χ0n) is 10.2. The molecule has 4 heteroatoms. The number of rotatable bonds is 5. The fraction of sp³-hybridized carbons (Fsp3) is 0.308. The van der Waals surface area contributed by atoms with E-state index in [4.69, 9.17) is 14.2 Å². The van der Waals surface area contributed by atoms with Crippen molar-refractivity contribution < 1.29 is 19.0 Å². The van der Waals surface area contributed by atoms with Crippen LogP contribution in [0.25, 0.3) is 5.57 Å². The summed E-state index contributed by atoms with van der Waals surface area (Å²) >= 11 is 0. The molecule has 0 unspecified atom stereocenters. The van der Waals surface area contributed by atoms with Crippen LogP contribution in [0.1, 0.15) is 11.1 Å². The molecule has 0 amide bonds. The highest BCUT2D eigenvalue weighted by Gasteiger charge is 2.16. The van der Waals surface area contributed by atoms with Gasteiger partial charge >= 0.3 is 5.97 Å². The first-order valence-electron chi connectivity index (χ1n) is 5.13. The van der Waals surface area contributed by atoms with Crippen LogP contribution < -0.4 is 0 Å². The molecule has 0 bridgehead atoms. The molecule has 1 aromatic carbocycles. The van der Waals surface area contributed by atoms with Gasteiger partial charge in [-0.1, -0.05) is 24.3 Å². The average Bonchev–Trinajstić information content (AvgIpc) is 2.36. The molecule has 0 atom stereocenters. The van der Waals surface area contributed by atoms with E-state index in [-0.39, 0.29) is 0 Å². The van der Waals surface area contributed by atoms with Crippen LogP contribution in [0, 0.1) is 0 Å². The van der Waals surface area contributed by atoms with E-state index in [1.807, 2.05) is 24.3 Å². The maximum Gasteiger partial charge on any atom is 0.341 e. The Balaban J connectivity index is 3.18. The molecule has 0 heterocycles. The van der Waals surface area contributed by atoms with Crippen molar-refractivity contribution in [3.8, 4) is 0 Å². The maximum absolute atomic E-state index is 11.6. The van der Waals surface area contributed by atoms with Crippen molar-refractivity contribution in [3.63, 3.8) is 0 Å². The molecule has 1 rings (SSSR count). The maximum atomic E-state index is 11.6. The number of esters is 1. The van der Waals surface area contributed by atoms with Crippen LogP contribution in [-0.2, 0) is 25.6 Å². The minimum atomic E-state index is -0.435. The summed E-state index contributed by atoms with van der Waals surface area (Å²) in [5, 5.41) is 0. The van der Waals surface area contributed by atoms with Gasteiger partial charge in [0.25, 0.3) is 0 Å². The molecular weight excluding hydrogens is 220 g/mol. The monoisotopic (exact) mass is 236 g/mol. The predicted molar refractivity (Wildman–Crippen MR) is 64.2 cm³/mol. The lowest BCUT2D eigenvalue weighted by Crippen LogP contribution is -2.07. The zero-order chi connectivity index (χ0) is 12.7. The Morgan fingerprint density at radius 3 is 2.53 bits per heavy atom. The van der Waals surface area contributed by atoms with Crippen molar-refractivity contribution in [1.82, 2.24) is 0 Å². The molecule has 0 fully saturated rings. The Morgan fingerprint density at radius 1 is 1.24 bits per heavy atom.